The number of carbonyl (C=O) groups excluding carboxylic acids is 2. The fourth-order valence-electron chi connectivity index (χ4n) is 4.10. The molecule has 4 N–H and O–H groups in total. The van der Waals surface area contributed by atoms with E-state index < -0.39 is 59.1 Å². The molecule has 1 saturated heterocycles. The predicted molar refractivity (Wildman–Crippen MR) is 133 cm³/mol. The first-order chi connectivity index (χ1) is 18.5. The van der Waals surface area contributed by atoms with Crippen molar-refractivity contribution in [1.82, 2.24) is 11.0 Å². The number of fused-ring (bicyclic) bond motifs is 1. The fraction of sp³-hybridized carbons (Fsp3) is 0.480. The molecular formula is C25H30N2O12. The van der Waals surface area contributed by atoms with Gasteiger partial charge in [-0.1, -0.05) is 5.92 Å². The molecule has 212 valence electrons. The molecule has 3 rings (SSSR count). The number of rotatable bonds is 9. The molecule has 14 heteroatoms. The summed E-state index contributed by atoms with van der Waals surface area (Å²) in [6, 6.07) is 2.78. The summed E-state index contributed by atoms with van der Waals surface area (Å²) < 4.78 is 27.9. The number of aliphatic hydroxyl groups excluding tert-OH is 1. The highest BCUT2D eigenvalue weighted by molar-refractivity contribution is 6.01. The highest BCUT2D eigenvalue weighted by Crippen LogP contribution is 2.37. The average molecular weight is 551 g/mol. The van der Waals surface area contributed by atoms with Gasteiger partial charge in [0, 0.05) is 12.7 Å². The van der Waals surface area contributed by atoms with Gasteiger partial charge < -0.3 is 33.6 Å². The number of aryl methyl sites for hydroxylation is 1. The Morgan fingerprint density at radius 1 is 1.23 bits per heavy atom. The highest BCUT2D eigenvalue weighted by Gasteiger charge is 2.53. The molecule has 0 radical (unpaired) electrons. The molecule has 2 aromatic rings. The van der Waals surface area contributed by atoms with Gasteiger partial charge in [0.15, 0.2) is 17.8 Å². The molecule has 1 aromatic heterocycles. The number of amides is 2. The molecule has 0 unspecified atom stereocenters. The molecule has 0 spiro atoms. The van der Waals surface area contributed by atoms with E-state index in [2.05, 4.69) is 5.92 Å². The molecule has 4 atom stereocenters. The molecule has 0 aliphatic carbocycles. The number of nitrogens with one attached hydrogen (secondary N) is 2. The summed E-state index contributed by atoms with van der Waals surface area (Å²) in [6.45, 7) is 6.37. The molecule has 0 saturated carbocycles. The van der Waals surface area contributed by atoms with Crippen molar-refractivity contribution < 1.29 is 52.8 Å². The summed E-state index contributed by atoms with van der Waals surface area (Å²) in [4.78, 5) is 46.5. The molecule has 14 nitrogen and oxygen atoms in total. The molecule has 2 amide bonds. The summed E-state index contributed by atoms with van der Waals surface area (Å²) in [7, 11) is 1.36. The van der Waals surface area contributed by atoms with E-state index in [0.29, 0.717) is 0 Å². The smallest absolute Gasteiger partial charge is 0.431 e. The van der Waals surface area contributed by atoms with Crippen LogP contribution < -0.4 is 21.3 Å². The first-order valence-corrected chi connectivity index (χ1v) is 11.8. The predicted octanol–water partition coefficient (Wildman–Crippen LogP) is 1.04. The van der Waals surface area contributed by atoms with Crippen LogP contribution in [0.1, 0.15) is 36.7 Å². The second-order valence-corrected chi connectivity index (χ2v) is 8.86. The van der Waals surface area contributed by atoms with Crippen LogP contribution in [0.3, 0.4) is 0 Å². The standard InChI is InChI=1S/C25H30N2O12/c1-7-11-35-27-24(32)38-19-17(29)23(39-25(4,5)20(19)33-6)36-14-10-9-13-16(28)15(21(30)26-34-8-2)22(31)37-18(13)12(14)3/h1,9-10,17,19-20,23,28-29H,8,11H2,2-6H3,(H,26,30)(H,27,32)/t17-,19+,20-,23-/m1/s1. The van der Waals surface area contributed by atoms with Crippen molar-refractivity contribution in [2.24, 2.45) is 0 Å². The third-order valence-corrected chi connectivity index (χ3v) is 5.85. The number of hydroxylamine groups is 2. The van der Waals surface area contributed by atoms with Crippen LogP contribution in [0.5, 0.6) is 11.5 Å². The van der Waals surface area contributed by atoms with Crippen molar-refractivity contribution in [1.29, 1.82) is 0 Å². The van der Waals surface area contributed by atoms with Crippen molar-refractivity contribution in [3.8, 4) is 23.8 Å². The topological polar surface area (TPSA) is 184 Å². The second kappa shape index (κ2) is 12.3. The van der Waals surface area contributed by atoms with Crippen LogP contribution in [0, 0.1) is 19.3 Å². The van der Waals surface area contributed by atoms with E-state index in [0.717, 1.165) is 0 Å². The largest absolute Gasteiger partial charge is 0.506 e. The Balaban J connectivity index is 1.92. The number of methoxy groups -OCH3 is 1. The second-order valence-electron chi connectivity index (χ2n) is 8.86. The Labute approximate surface area is 223 Å². The van der Waals surface area contributed by atoms with Crippen LogP contribution in [0.4, 0.5) is 4.79 Å². The first kappa shape index (κ1) is 29.7. The minimum Gasteiger partial charge on any atom is -0.506 e. The van der Waals surface area contributed by atoms with Crippen LogP contribution in [0.15, 0.2) is 21.3 Å². The van der Waals surface area contributed by atoms with Crippen LogP contribution in [-0.4, -0.2) is 72.7 Å². The summed E-state index contributed by atoms with van der Waals surface area (Å²) in [6.07, 6.45) is -1.09. The highest BCUT2D eigenvalue weighted by atomic mass is 16.7. The average Bonchev–Trinajstić information content (AvgIpc) is 2.87. The molecule has 0 bridgehead atoms. The van der Waals surface area contributed by atoms with Crippen molar-refractivity contribution in [3.63, 3.8) is 0 Å². The van der Waals surface area contributed by atoms with E-state index in [9.17, 15) is 24.6 Å². The zero-order chi connectivity index (χ0) is 28.9. The summed E-state index contributed by atoms with van der Waals surface area (Å²) in [5, 5.41) is 21.7. The first-order valence-electron chi connectivity index (χ1n) is 11.8. The lowest BCUT2D eigenvalue weighted by Crippen LogP contribution is -2.65. The quantitative estimate of drug-likeness (QED) is 0.151. The van der Waals surface area contributed by atoms with Gasteiger partial charge in [-0.05, 0) is 39.8 Å². The Hall–Kier alpha value is -3.87. The van der Waals surface area contributed by atoms with Crippen LogP contribution in [0.2, 0.25) is 0 Å². The van der Waals surface area contributed by atoms with Crippen molar-refractivity contribution in [3.05, 3.63) is 33.7 Å². The Morgan fingerprint density at radius 2 is 1.95 bits per heavy atom. The minimum atomic E-state index is -1.55. The van der Waals surface area contributed by atoms with Gasteiger partial charge in [0.1, 0.15) is 29.8 Å². The van der Waals surface area contributed by atoms with E-state index in [4.69, 9.17) is 39.5 Å². The lowest BCUT2D eigenvalue weighted by atomic mass is 9.89. The van der Waals surface area contributed by atoms with Crippen molar-refractivity contribution in [2.75, 3.05) is 20.3 Å². The van der Waals surface area contributed by atoms with Gasteiger partial charge in [0.05, 0.1) is 17.6 Å². The lowest BCUT2D eigenvalue weighted by molar-refractivity contribution is -0.305. The number of ether oxygens (including phenoxy) is 4. The van der Waals surface area contributed by atoms with Crippen LogP contribution >= 0.6 is 0 Å². The van der Waals surface area contributed by atoms with Gasteiger partial charge in [0.25, 0.3) is 5.91 Å². The van der Waals surface area contributed by atoms with E-state index >= 15 is 0 Å². The third kappa shape index (κ3) is 6.24. The molecule has 1 fully saturated rings. The number of terminal acetylenes is 1. The zero-order valence-electron chi connectivity index (χ0n) is 21.9. The maximum Gasteiger partial charge on any atom is 0.431 e. The van der Waals surface area contributed by atoms with Crippen LogP contribution in [0.25, 0.3) is 11.0 Å². The minimum absolute atomic E-state index is 0.0517. The molecule has 1 aromatic carbocycles. The maximum atomic E-state index is 12.5. The number of aromatic hydroxyl groups is 1. The summed E-state index contributed by atoms with van der Waals surface area (Å²) in [5.41, 5.74) is 1.34. The number of carbonyl (C=O) groups is 2. The van der Waals surface area contributed by atoms with Gasteiger partial charge in [-0.25, -0.2) is 15.1 Å². The number of aliphatic hydroxyl groups is 1. The van der Waals surface area contributed by atoms with Gasteiger partial charge >= 0.3 is 11.7 Å². The Bertz CT molecular complexity index is 1310. The third-order valence-electron chi connectivity index (χ3n) is 5.85. The normalized spacial score (nSPS) is 22.1. The van der Waals surface area contributed by atoms with E-state index in [-0.39, 0.29) is 35.5 Å². The molecule has 39 heavy (non-hydrogen) atoms. The van der Waals surface area contributed by atoms with Crippen LogP contribution in [-0.2, 0) is 23.9 Å². The van der Waals surface area contributed by atoms with Gasteiger partial charge in [-0.3, -0.25) is 14.5 Å². The van der Waals surface area contributed by atoms with Gasteiger partial charge in [0.2, 0.25) is 6.29 Å². The lowest BCUT2D eigenvalue weighted by Gasteiger charge is -2.47. The zero-order valence-corrected chi connectivity index (χ0v) is 21.9. The number of benzene rings is 1. The maximum absolute atomic E-state index is 12.5. The van der Waals surface area contributed by atoms with E-state index in [1.54, 1.807) is 20.8 Å². The number of hydrogen-bond donors (Lipinski definition) is 4. The Morgan fingerprint density at radius 3 is 2.59 bits per heavy atom. The summed E-state index contributed by atoms with van der Waals surface area (Å²) >= 11 is 0. The molecule has 1 aliphatic heterocycles. The fourth-order valence-corrected chi connectivity index (χ4v) is 4.10. The van der Waals surface area contributed by atoms with Gasteiger partial charge in [-0.2, -0.15) is 5.48 Å². The number of hydrogen-bond acceptors (Lipinski definition) is 12. The monoisotopic (exact) mass is 550 g/mol. The van der Waals surface area contributed by atoms with Crippen molar-refractivity contribution >= 4 is 23.0 Å². The molecule has 2 heterocycles. The Kier molecular flexibility index (Phi) is 9.38. The molecular weight excluding hydrogens is 520 g/mol. The van der Waals surface area contributed by atoms with Crippen molar-refractivity contribution in [2.45, 2.75) is 57.9 Å². The van der Waals surface area contributed by atoms with E-state index in [1.807, 2.05) is 11.0 Å². The summed E-state index contributed by atoms with van der Waals surface area (Å²) in [5.74, 6) is 0.685. The van der Waals surface area contributed by atoms with E-state index in [1.165, 1.54) is 26.2 Å². The van der Waals surface area contributed by atoms with Gasteiger partial charge in [-0.15, -0.1) is 6.42 Å². The SMILES string of the molecule is C#CCONC(=O)O[C@H]1[C@@H](O)[C@H](Oc2ccc3c(O)c(C(=O)NOCC)c(=O)oc3c2C)OC(C)(C)[C@@H]1OC. The molecule has 1 aliphatic rings.